The number of aromatic nitrogens is 2. The molecule has 0 bridgehead atoms. The lowest BCUT2D eigenvalue weighted by Gasteiger charge is -2.26. The smallest absolute Gasteiger partial charge is 0.242 e. The van der Waals surface area contributed by atoms with E-state index in [0.29, 0.717) is 18.7 Å². The van der Waals surface area contributed by atoms with Gasteiger partial charge in [-0.15, -0.1) is 0 Å². The number of benzene rings is 1. The molecule has 148 valence electrons. The van der Waals surface area contributed by atoms with Gasteiger partial charge in [0.2, 0.25) is 11.8 Å². The molecular formula is C22H21FN4O2. The van der Waals surface area contributed by atoms with Gasteiger partial charge in [-0.25, -0.2) is 9.37 Å². The third-order valence-electron chi connectivity index (χ3n) is 5.05. The second kappa shape index (κ2) is 8.26. The number of rotatable bonds is 5. The van der Waals surface area contributed by atoms with Crippen molar-refractivity contribution < 1.29 is 14.0 Å². The van der Waals surface area contributed by atoms with Crippen molar-refractivity contribution in [3.8, 4) is 0 Å². The molecule has 2 aromatic heterocycles. The van der Waals surface area contributed by atoms with Crippen LogP contribution in [-0.4, -0.2) is 46.3 Å². The van der Waals surface area contributed by atoms with Gasteiger partial charge in [-0.1, -0.05) is 18.2 Å². The molecule has 2 N–H and O–H groups in total. The predicted molar refractivity (Wildman–Crippen MR) is 108 cm³/mol. The Balaban J connectivity index is 1.31. The molecule has 0 saturated carbocycles. The van der Waals surface area contributed by atoms with E-state index in [1.807, 2.05) is 24.4 Å². The Morgan fingerprint density at radius 2 is 2.14 bits per heavy atom. The largest absolute Gasteiger partial charge is 0.347 e. The number of aromatic amines is 1. The summed E-state index contributed by atoms with van der Waals surface area (Å²) in [6.45, 7) is 1.03. The number of carbonyl (C=O) groups excluding carboxylic acids is 2. The molecule has 3 heterocycles. The molecule has 0 atom stereocenters. The van der Waals surface area contributed by atoms with Crippen molar-refractivity contribution >= 4 is 28.4 Å². The minimum atomic E-state index is -0.381. The molecule has 1 aliphatic rings. The molecule has 1 aromatic carbocycles. The minimum Gasteiger partial charge on any atom is -0.347 e. The second-order valence-corrected chi connectivity index (χ2v) is 7.00. The zero-order valence-electron chi connectivity index (χ0n) is 15.8. The van der Waals surface area contributed by atoms with Gasteiger partial charge in [-0.05, 0) is 41.8 Å². The van der Waals surface area contributed by atoms with E-state index in [1.54, 1.807) is 23.2 Å². The Hall–Kier alpha value is -3.48. The summed E-state index contributed by atoms with van der Waals surface area (Å²) in [5, 5.41) is 3.70. The zero-order chi connectivity index (χ0) is 20.2. The number of nitrogens with one attached hydrogen (secondary N) is 2. The van der Waals surface area contributed by atoms with Crippen LogP contribution in [0.5, 0.6) is 0 Å². The molecule has 0 saturated heterocycles. The van der Waals surface area contributed by atoms with Gasteiger partial charge in [0.15, 0.2) is 0 Å². The predicted octanol–water partition coefficient (Wildman–Crippen LogP) is 2.68. The molecule has 3 aromatic rings. The first-order chi connectivity index (χ1) is 14.1. The van der Waals surface area contributed by atoms with Gasteiger partial charge in [-0.2, -0.15) is 0 Å². The summed E-state index contributed by atoms with van der Waals surface area (Å²) in [7, 11) is 0. The highest BCUT2D eigenvalue weighted by Crippen LogP contribution is 2.28. The normalized spacial score (nSPS) is 14.0. The van der Waals surface area contributed by atoms with Crippen molar-refractivity contribution in [2.24, 2.45) is 0 Å². The van der Waals surface area contributed by atoms with Crippen LogP contribution in [0.4, 0.5) is 4.39 Å². The van der Waals surface area contributed by atoms with Crippen LogP contribution < -0.4 is 5.32 Å². The van der Waals surface area contributed by atoms with Crippen molar-refractivity contribution in [3.63, 3.8) is 0 Å². The van der Waals surface area contributed by atoms with Crippen LogP contribution in [-0.2, 0) is 16.0 Å². The lowest BCUT2D eigenvalue weighted by atomic mass is 9.99. The van der Waals surface area contributed by atoms with E-state index in [4.69, 9.17) is 0 Å². The maximum absolute atomic E-state index is 13.2. The van der Waals surface area contributed by atoms with Crippen LogP contribution in [0.1, 0.15) is 17.5 Å². The standard InChI is InChI=1S/C22H21FN4O2/c23-17-4-1-3-15(11-17)12-20(28)25-14-21(29)27-9-6-16(7-10-27)19-13-26-22-18(19)5-2-8-24-22/h1-6,8,11,13H,7,9-10,12,14H2,(H,24,26)(H,25,28). The van der Waals surface area contributed by atoms with Crippen molar-refractivity contribution in [1.82, 2.24) is 20.2 Å². The van der Waals surface area contributed by atoms with Crippen molar-refractivity contribution in [2.75, 3.05) is 19.6 Å². The summed E-state index contributed by atoms with van der Waals surface area (Å²) in [6.07, 6.45) is 6.54. The molecule has 0 aliphatic carbocycles. The van der Waals surface area contributed by atoms with Gasteiger partial charge in [-0.3, -0.25) is 9.59 Å². The molecule has 4 rings (SSSR count). The van der Waals surface area contributed by atoms with E-state index in [9.17, 15) is 14.0 Å². The van der Waals surface area contributed by atoms with Gasteiger partial charge < -0.3 is 15.2 Å². The summed E-state index contributed by atoms with van der Waals surface area (Å²) in [4.78, 5) is 33.6. The van der Waals surface area contributed by atoms with Crippen LogP contribution >= 0.6 is 0 Å². The topological polar surface area (TPSA) is 78.1 Å². The third kappa shape index (κ3) is 4.34. The van der Waals surface area contributed by atoms with Crippen molar-refractivity contribution in [1.29, 1.82) is 0 Å². The summed E-state index contributed by atoms with van der Waals surface area (Å²) in [5.74, 6) is -0.815. The first-order valence-corrected chi connectivity index (χ1v) is 9.50. The number of hydrogen-bond acceptors (Lipinski definition) is 3. The van der Waals surface area contributed by atoms with Gasteiger partial charge in [0.1, 0.15) is 11.5 Å². The van der Waals surface area contributed by atoms with Crippen molar-refractivity contribution in [2.45, 2.75) is 12.8 Å². The monoisotopic (exact) mass is 392 g/mol. The maximum Gasteiger partial charge on any atom is 0.242 e. The molecular weight excluding hydrogens is 371 g/mol. The van der Waals surface area contributed by atoms with E-state index in [0.717, 1.165) is 23.0 Å². The van der Waals surface area contributed by atoms with Crippen LogP contribution in [0.15, 0.2) is 54.9 Å². The molecule has 0 fully saturated rings. The number of amides is 2. The second-order valence-electron chi connectivity index (χ2n) is 7.00. The Morgan fingerprint density at radius 1 is 1.24 bits per heavy atom. The number of halogens is 1. The molecule has 0 radical (unpaired) electrons. The van der Waals surface area contributed by atoms with Gasteiger partial charge in [0.25, 0.3) is 0 Å². The van der Waals surface area contributed by atoms with Gasteiger partial charge in [0, 0.05) is 36.4 Å². The van der Waals surface area contributed by atoms with E-state index in [2.05, 4.69) is 15.3 Å². The van der Waals surface area contributed by atoms with E-state index in [1.165, 1.54) is 17.7 Å². The lowest BCUT2D eigenvalue weighted by Crippen LogP contribution is -2.42. The number of carbonyl (C=O) groups is 2. The highest BCUT2D eigenvalue weighted by atomic mass is 19.1. The molecule has 2 amide bonds. The average Bonchev–Trinajstić information content (AvgIpc) is 3.16. The number of nitrogens with zero attached hydrogens (tertiary/aromatic N) is 2. The zero-order valence-corrected chi connectivity index (χ0v) is 15.8. The Labute approximate surface area is 167 Å². The summed E-state index contributed by atoms with van der Waals surface area (Å²) in [6, 6.07) is 9.83. The number of fused-ring (bicyclic) bond motifs is 1. The molecule has 1 aliphatic heterocycles. The van der Waals surface area contributed by atoms with Gasteiger partial charge in [0.05, 0.1) is 13.0 Å². The number of H-pyrrole nitrogens is 1. The van der Waals surface area contributed by atoms with E-state index >= 15 is 0 Å². The fourth-order valence-electron chi connectivity index (χ4n) is 3.54. The van der Waals surface area contributed by atoms with Crippen LogP contribution in [0.3, 0.4) is 0 Å². The first-order valence-electron chi connectivity index (χ1n) is 9.50. The number of pyridine rings is 1. The fourth-order valence-corrected chi connectivity index (χ4v) is 3.54. The molecule has 7 heteroatoms. The highest BCUT2D eigenvalue weighted by molar-refractivity contribution is 5.91. The maximum atomic E-state index is 13.2. The summed E-state index contributed by atoms with van der Waals surface area (Å²) < 4.78 is 13.2. The number of hydrogen-bond donors (Lipinski definition) is 2. The Kier molecular flexibility index (Phi) is 5.37. The third-order valence-corrected chi connectivity index (χ3v) is 5.05. The molecule has 29 heavy (non-hydrogen) atoms. The summed E-state index contributed by atoms with van der Waals surface area (Å²) in [5.41, 5.74) is 3.73. The summed E-state index contributed by atoms with van der Waals surface area (Å²) >= 11 is 0. The van der Waals surface area contributed by atoms with E-state index in [-0.39, 0.29) is 30.6 Å². The average molecular weight is 392 g/mol. The highest BCUT2D eigenvalue weighted by Gasteiger charge is 2.20. The molecule has 0 unspecified atom stereocenters. The molecule has 0 spiro atoms. The lowest BCUT2D eigenvalue weighted by molar-refractivity contribution is -0.132. The van der Waals surface area contributed by atoms with Crippen molar-refractivity contribution in [3.05, 3.63) is 71.8 Å². The van der Waals surface area contributed by atoms with E-state index < -0.39 is 0 Å². The van der Waals surface area contributed by atoms with Crippen LogP contribution in [0.25, 0.3) is 16.6 Å². The molecule has 6 nitrogen and oxygen atoms in total. The SMILES string of the molecule is O=C(Cc1cccc(F)c1)NCC(=O)N1CC=C(c2c[nH]c3ncccc23)CC1. The van der Waals surface area contributed by atoms with Gasteiger partial charge >= 0.3 is 0 Å². The fraction of sp³-hybridized carbons (Fsp3) is 0.227. The Bertz CT molecular complexity index is 1090. The quantitative estimate of drug-likeness (QED) is 0.701. The van der Waals surface area contributed by atoms with Crippen LogP contribution in [0.2, 0.25) is 0 Å². The minimum absolute atomic E-state index is 0.0453. The van der Waals surface area contributed by atoms with Crippen LogP contribution in [0, 0.1) is 5.82 Å². The Morgan fingerprint density at radius 3 is 2.93 bits per heavy atom. The first kappa shape index (κ1) is 18.9.